The first-order valence-corrected chi connectivity index (χ1v) is 6.59. The maximum Gasteiger partial charge on any atom is 0.271 e. The standard InChI is InChI=1S/C13H15N3OS/c1-9(7-10-5-3-2-4-6-10)15-12(17)11-8-18-13(14)16-11/h2-6,8-9H,7H2,1H3,(H2,14,16)(H,15,17). The molecule has 2 rings (SSSR count). The van der Waals surface area contributed by atoms with Crippen molar-refractivity contribution in [3.8, 4) is 0 Å². The number of carbonyl (C=O) groups excluding carboxylic acids is 1. The SMILES string of the molecule is CC(Cc1ccccc1)NC(=O)c1csc(N)n1. The number of anilines is 1. The molecule has 3 N–H and O–H groups in total. The molecule has 0 aliphatic carbocycles. The van der Waals surface area contributed by atoms with Crippen molar-refractivity contribution in [3.63, 3.8) is 0 Å². The Morgan fingerprint density at radius 3 is 2.78 bits per heavy atom. The van der Waals surface area contributed by atoms with E-state index in [1.54, 1.807) is 5.38 Å². The Labute approximate surface area is 110 Å². The summed E-state index contributed by atoms with van der Waals surface area (Å²) in [6.45, 7) is 1.97. The van der Waals surface area contributed by atoms with Gasteiger partial charge in [-0.1, -0.05) is 30.3 Å². The van der Waals surface area contributed by atoms with Crippen LogP contribution >= 0.6 is 11.3 Å². The smallest absolute Gasteiger partial charge is 0.271 e. The first-order chi connectivity index (χ1) is 8.65. The molecule has 0 aliphatic heterocycles. The predicted molar refractivity (Wildman–Crippen MR) is 73.6 cm³/mol. The van der Waals surface area contributed by atoms with E-state index >= 15 is 0 Å². The summed E-state index contributed by atoms with van der Waals surface area (Å²) < 4.78 is 0. The van der Waals surface area contributed by atoms with Crippen molar-refractivity contribution < 1.29 is 4.79 Å². The highest BCUT2D eigenvalue weighted by molar-refractivity contribution is 7.13. The normalized spacial score (nSPS) is 12.1. The topological polar surface area (TPSA) is 68.0 Å². The summed E-state index contributed by atoms with van der Waals surface area (Å²) in [5.74, 6) is -0.175. The molecular formula is C13H15N3OS. The molecule has 1 aromatic carbocycles. The Hall–Kier alpha value is -1.88. The molecule has 1 atom stereocenters. The molecule has 2 aromatic rings. The zero-order valence-corrected chi connectivity index (χ0v) is 10.9. The molecule has 0 bridgehead atoms. The Kier molecular flexibility index (Phi) is 3.94. The van der Waals surface area contributed by atoms with Crippen molar-refractivity contribution in [3.05, 3.63) is 47.0 Å². The Balaban J connectivity index is 1.92. The molecule has 1 unspecified atom stereocenters. The Morgan fingerprint density at radius 1 is 1.44 bits per heavy atom. The van der Waals surface area contributed by atoms with Crippen LogP contribution in [0.25, 0.3) is 0 Å². The third-order valence-corrected chi connectivity index (χ3v) is 3.19. The molecule has 0 spiro atoms. The fourth-order valence-electron chi connectivity index (χ4n) is 1.71. The number of rotatable bonds is 4. The number of thiazole rings is 1. The lowest BCUT2D eigenvalue weighted by atomic mass is 10.1. The fraction of sp³-hybridized carbons (Fsp3) is 0.231. The minimum Gasteiger partial charge on any atom is -0.375 e. The van der Waals surface area contributed by atoms with Crippen LogP contribution < -0.4 is 11.1 Å². The van der Waals surface area contributed by atoms with Gasteiger partial charge in [-0.25, -0.2) is 4.98 Å². The van der Waals surface area contributed by atoms with Crippen molar-refractivity contribution in [2.24, 2.45) is 0 Å². The zero-order valence-electron chi connectivity index (χ0n) is 10.1. The number of nitrogens with two attached hydrogens (primary N) is 1. The summed E-state index contributed by atoms with van der Waals surface area (Å²) in [6.07, 6.45) is 0.798. The van der Waals surface area contributed by atoms with Crippen LogP contribution in [-0.2, 0) is 6.42 Å². The van der Waals surface area contributed by atoms with Crippen molar-refractivity contribution >= 4 is 22.4 Å². The number of carbonyl (C=O) groups is 1. The van der Waals surface area contributed by atoms with Crippen LogP contribution in [0.3, 0.4) is 0 Å². The van der Waals surface area contributed by atoms with E-state index < -0.39 is 0 Å². The van der Waals surface area contributed by atoms with Gasteiger partial charge < -0.3 is 11.1 Å². The highest BCUT2D eigenvalue weighted by Gasteiger charge is 2.12. The van der Waals surface area contributed by atoms with E-state index in [2.05, 4.69) is 10.3 Å². The number of hydrogen-bond acceptors (Lipinski definition) is 4. The quantitative estimate of drug-likeness (QED) is 0.885. The molecule has 0 saturated carbocycles. The van der Waals surface area contributed by atoms with Gasteiger partial charge in [-0.15, -0.1) is 11.3 Å². The predicted octanol–water partition coefficient (Wildman–Crippen LogP) is 2.09. The van der Waals surface area contributed by atoms with Gasteiger partial charge in [-0.2, -0.15) is 0 Å². The Morgan fingerprint density at radius 2 is 2.17 bits per heavy atom. The number of benzene rings is 1. The van der Waals surface area contributed by atoms with Crippen molar-refractivity contribution in [2.75, 3.05) is 5.73 Å². The lowest BCUT2D eigenvalue weighted by Gasteiger charge is -2.12. The summed E-state index contributed by atoms with van der Waals surface area (Å²) in [5, 5.41) is 4.99. The van der Waals surface area contributed by atoms with Gasteiger partial charge in [0.05, 0.1) is 0 Å². The lowest BCUT2D eigenvalue weighted by Crippen LogP contribution is -2.34. The van der Waals surface area contributed by atoms with Crippen molar-refractivity contribution in [1.29, 1.82) is 0 Å². The number of hydrogen-bond donors (Lipinski definition) is 2. The third-order valence-electron chi connectivity index (χ3n) is 2.52. The second-order valence-corrected chi connectivity index (χ2v) is 5.02. The van der Waals surface area contributed by atoms with Crippen LogP contribution in [0.2, 0.25) is 0 Å². The van der Waals surface area contributed by atoms with Gasteiger partial charge in [-0.05, 0) is 18.9 Å². The van der Waals surface area contributed by atoms with Crippen LogP contribution in [0, 0.1) is 0 Å². The highest BCUT2D eigenvalue weighted by atomic mass is 32.1. The number of aromatic nitrogens is 1. The monoisotopic (exact) mass is 261 g/mol. The largest absolute Gasteiger partial charge is 0.375 e. The molecule has 0 aliphatic rings. The van der Waals surface area contributed by atoms with E-state index in [1.165, 1.54) is 16.9 Å². The number of nitrogens with one attached hydrogen (secondary N) is 1. The summed E-state index contributed by atoms with van der Waals surface area (Å²) >= 11 is 1.27. The molecule has 4 nitrogen and oxygen atoms in total. The summed E-state index contributed by atoms with van der Waals surface area (Å²) in [5.41, 5.74) is 7.08. The third kappa shape index (κ3) is 3.30. The number of nitrogen functional groups attached to an aromatic ring is 1. The minimum atomic E-state index is -0.175. The van der Waals surface area contributed by atoms with Crippen LogP contribution in [0.4, 0.5) is 5.13 Å². The molecule has 0 radical (unpaired) electrons. The van der Waals surface area contributed by atoms with Crippen molar-refractivity contribution in [2.45, 2.75) is 19.4 Å². The highest BCUT2D eigenvalue weighted by Crippen LogP contribution is 2.11. The van der Waals surface area contributed by atoms with Crippen LogP contribution in [0.15, 0.2) is 35.7 Å². The first-order valence-electron chi connectivity index (χ1n) is 5.71. The van der Waals surface area contributed by atoms with E-state index in [-0.39, 0.29) is 11.9 Å². The average Bonchev–Trinajstić information content (AvgIpc) is 2.77. The van der Waals surface area contributed by atoms with Gasteiger partial charge in [-0.3, -0.25) is 4.79 Å². The van der Waals surface area contributed by atoms with Gasteiger partial charge >= 0.3 is 0 Å². The molecule has 1 heterocycles. The molecule has 1 amide bonds. The molecule has 5 heteroatoms. The van der Waals surface area contributed by atoms with E-state index in [9.17, 15) is 4.79 Å². The van der Waals surface area contributed by atoms with Crippen molar-refractivity contribution in [1.82, 2.24) is 10.3 Å². The zero-order chi connectivity index (χ0) is 13.0. The van der Waals surface area contributed by atoms with Crippen LogP contribution in [-0.4, -0.2) is 16.9 Å². The van der Waals surface area contributed by atoms with Gasteiger partial charge in [0.25, 0.3) is 5.91 Å². The van der Waals surface area contributed by atoms with Gasteiger partial charge in [0.2, 0.25) is 0 Å². The van der Waals surface area contributed by atoms with E-state index in [4.69, 9.17) is 5.73 Å². The molecule has 18 heavy (non-hydrogen) atoms. The number of nitrogens with zero attached hydrogens (tertiary/aromatic N) is 1. The van der Waals surface area contributed by atoms with E-state index in [1.807, 2.05) is 37.3 Å². The Bertz CT molecular complexity index is 524. The summed E-state index contributed by atoms with van der Waals surface area (Å²) in [4.78, 5) is 15.8. The molecule has 1 aromatic heterocycles. The fourth-order valence-corrected chi connectivity index (χ4v) is 2.25. The second kappa shape index (κ2) is 5.64. The van der Waals surface area contributed by atoms with E-state index in [0.29, 0.717) is 10.8 Å². The summed E-state index contributed by atoms with van der Waals surface area (Å²) in [7, 11) is 0. The average molecular weight is 261 g/mol. The minimum absolute atomic E-state index is 0.0582. The maximum absolute atomic E-state index is 11.8. The van der Waals surface area contributed by atoms with Gasteiger partial charge in [0.1, 0.15) is 5.69 Å². The van der Waals surface area contributed by atoms with Crippen LogP contribution in [0.5, 0.6) is 0 Å². The van der Waals surface area contributed by atoms with E-state index in [0.717, 1.165) is 6.42 Å². The summed E-state index contributed by atoms with van der Waals surface area (Å²) in [6, 6.07) is 10.1. The molecule has 94 valence electrons. The van der Waals surface area contributed by atoms with Gasteiger partial charge in [0, 0.05) is 11.4 Å². The molecular weight excluding hydrogens is 246 g/mol. The second-order valence-electron chi connectivity index (χ2n) is 4.14. The van der Waals surface area contributed by atoms with Crippen LogP contribution in [0.1, 0.15) is 23.0 Å². The lowest BCUT2D eigenvalue weighted by molar-refractivity contribution is 0.0936. The molecule has 0 fully saturated rings. The van der Waals surface area contributed by atoms with Gasteiger partial charge in [0.15, 0.2) is 5.13 Å². The maximum atomic E-state index is 11.8. The number of amides is 1. The first kappa shape index (κ1) is 12.6. The molecule has 0 saturated heterocycles.